The third-order valence-corrected chi connectivity index (χ3v) is 4.42. The number of thioether (sulfide) groups is 1. The van der Waals surface area contributed by atoms with E-state index in [4.69, 9.17) is 8.94 Å². The molecule has 0 N–H and O–H groups in total. The summed E-state index contributed by atoms with van der Waals surface area (Å²) in [7, 11) is 0. The Labute approximate surface area is 133 Å². The van der Waals surface area contributed by atoms with E-state index in [2.05, 4.69) is 10.1 Å². The Balaban J connectivity index is 1.59. The van der Waals surface area contributed by atoms with Crippen molar-refractivity contribution in [2.45, 2.75) is 31.4 Å². The zero-order chi connectivity index (χ0) is 15.5. The second kappa shape index (κ2) is 6.56. The van der Waals surface area contributed by atoms with Crippen LogP contribution in [0.4, 0.5) is 0 Å². The molecule has 1 aliphatic rings. The minimum Gasteiger partial charge on any atom is -0.455 e. The standard InChI is InChI=1S/C15H19N3O3S/c1-10-16-14(17-21-10)11-5-7-18(8-6-11)15(19)13-4-3-12(20-13)9-22-2/h3-4,11H,5-9H2,1-2H3. The number of amides is 1. The lowest BCUT2D eigenvalue weighted by Gasteiger charge is -2.29. The molecular weight excluding hydrogens is 302 g/mol. The summed E-state index contributed by atoms with van der Waals surface area (Å²) in [6.07, 6.45) is 3.71. The fraction of sp³-hybridized carbons (Fsp3) is 0.533. The molecule has 0 aromatic carbocycles. The van der Waals surface area contributed by atoms with Crippen molar-refractivity contribution in [2.24, 2.45) is 0 Å². The fourth-order valence-corrected chi connectivity index (χ4v) is 3.13. The maximum absolute atomic E-state index is 12.4. The number of hydrogen-bond donors (Lipinski definition) is 0. The van der Waals surface area contributed by atoms with Crippen molar-refractivity contribution in [3.05, 3.63) is 35.4 Å². The van der Waals surface area contributed by atoms with E-state index < -0.39 is 0 Å². The molecule has 1 fully saturated rings. The predicted molar refractivity (Wildman–Crippen MR) is 82.8 cm³/mol. The molecule has 6 nitrogen and oxygen atoms in total. The van der Waals surface area contributed by atoms with Crippen LogP contribution in [0, 0.1) is 6.92 Å². The van der Waals surface area contributed by atoms with Crippen LogP contribution in [-0.2, 0) is 5.75 Å². The molecule has 2 aromatic rings. The Morgan fingerprint density at radius 2 is 2.18 bits per heavy atom. The van der Waals surface area contributed by atoms with Crippen LogP contribution >= 0.6 is 11.8 Å². The van der Waals surface area contributed by atoms with Crippen molar-refractivity contribution in [3.63, 3.8) is 0 Å². The Morgan fingerprint density at radius 1 is 1.41 bits per heavy atom. The molecular formula is C15H19N3O3S. The molecule has 0 spiro atoms. The number of carbonyl (C=O) groups is 1. The number of hydrogen-bond acceptors (Lipinski definition) is 6. The van der Waals surface area contributed by atoms with E-state index in [0.29, 0.717) is 24.7 Å². The zero-order valence-corrected chi connectivity index (χ0v) is 13.6. The van der Waals surface area contributed by atoms with Crippen molar-refractivity contribution in [1.29, 1.82) is 0 Å². The maximum Gasteiger partial charge on any atom is 0.289 e. The van der Waals surface area contributed by atoms with Crippen LogP contribution in [0.3, 0.4) is 0 Å². The molecule has 7 heteroatoms. The fourth-order valence-electron chi connectivity index (χ4n) is 2.69. The van der Waals surface area contributed by atoms with E-state index in [0.717, 1.165) is 30.2 Å². The Kier molecular flexibility index (Phi) is 4.52. The van der Waals surface area contributed by atoms with Gasteiger partial charge in [-0.2, -0.15) is 16.7 Å². The van der Waals surface area contributed by atoms with Crippen LogP contribution < -0.4 is 0 Å². The largest absolute Gasteiger partial charge is 0.455 e. The first-order valence-electron chi connectivity index (χ1n) is 7.34. The summed E-state index contributed by atoms with van der Waals surface area (Å²) in [6.45, 7) is 3.17. The molecule has 0 saturated carbocycles. The number of aryl methyl sites for hydroxylation is 1. The Morgan fingerprint density at radius 3 is 2.82 bits per heavy atom. The first-order valence-corrected chi connectivity index (χ1v) is 8.74. The summed E-state index contributed by atoms with van der Waals surface area (Å²) in [6, 6.07) is 3.64. The maximum atomic E-state index is 12.4. The van der Waals surface area contributed by atoms with Gasteiger partial charge in [-0.25, -0.2) is 0 Å². The van der Waals surface area contributed by atoms with E-state index in [1.54, 1.807) is 24.8 Å². The molecule has 22 heavy (non-hydrogen) atoms. The quantitative estimate of drug-likeness (QED) is 0.862. The van der Waals surface area contributed by atoms with Crippen LogP contribution in [0.1, 0.15) is 46.8 Å². The van der Waals surface area contributed by atoms with Gasteiger partial charge in [0.1, 0.15) is 5.76 Å². The minimum absolute atomic E-state index is 0.0323. The Bertz CT molecular complexity index is 644. The van der Waals surface area contributed by atoms with Gasteiger partial charge in [-0.15, -0.1) is 0 Å². The van der Waals surface area contributed by atoms with Gasteiger partial charge in [0.25, 0.3) is 5.91 Å². The monoisotopic (exact) mass is 321 g/mol. The second-order valence-electron chi connectivity index (χ2n) is 5.44. The molecule has 3 heterocycles. The lowest BCUT2D eigenvalue weighted by Crippen LogP contribution is -2.37. The summed E-state index contributed by atoms with van der Waals surface area (Å²) in [5.41, 5.74) is 0. The first kappa shape index (κ1) is 15.1. The van der Waals surface area contributed by atoms with E-state index in [9.17, 15) is 4.79 Å². The van der Waals surface area contributed by atoms with Crippen LogP contribution in [-0.4, -0.2) is 40.3 Å². The smallest absolute Gasteiger partial charge is 0.289 e. The van der Waals surface area contributed by atoms with Crippen LogP contribution in [0.2, 0.25) is 0 Å². The number of piperidine rings is 1. The first-order chi connectivity index (χ1) is 10.7. The number of aromatic nitrogens is 2. The molecule has 0 radical (unpaired) electrons. The lowest BCUT2D eigenvalue weighted by molar-refractivity contribution is 0.0677. The number of rotatable bonds is 4. The van der Waals surface area contributed by atoms with Gasteiger partial charge in [-0.3, -0.25) is 4.79 Å². The van der Waals surface area contributed by atoms with Gasteiger partial charge in [-0.05, 0) is 31.2 Å². The van der Waals surface area contributed by atoms with Gasteiger partial charge in [0.15, 0.2) is 11.6 Å². The number of furan rings is 1. The number of carbonyl (C=O) groups excluding carboxylic acids is 1. The highest BCUT2D eigenvalue weighted by Gasteiger charge is 2.28. The van der Waals surface area contributed by atoms with Gasteiger partial charge >= 0.3 is 0 Å². The highest BCUT2D eigenvalue weighted by Crippen LogP contribution is 2.27. The van der Waals surface area contributed by atoms with Crippen molar-refractivity contribution in [1.82, 2.24) is 15.0 Å². The zero-order valence-electron chi connectivity index (χ0n) is 12.7. The minimum atomic E-state index is -0.0323. The number of nitrogens with zero attached hydrogens (tertiary/aromatic N) is 3. The summed E-state index contributed by atoms with van der Waals surface area (Å²) in [4.78, 5) is 18.6. The molecule has 1 saturated heterocycles. The molecule has 2 aromatic heterocycles. The molecule has 0 aliphatic carbocycles. The van der Waals surface area contributed by atoms with Gasteiger partial charge in [0.05, 0.1) is 5.75 Å². The second-order valence-corrected chi connectivity index (χ2v) is 6.30. The normalized spacial score (nSPS) is 16.2. The van der Waals surface area contributed by atoms with Crippen molar-refractivity contribution in [2.75, 3.05) is 19.3 Å². The molecule has 1 aliphatic heterocycles. The van der Waals surface area contributed by atoms with Crippen molar-refractivity contribution >= 4 is 17.7 Å². The van der Waals surface area contributed by atoms with Gasteiger partial charge in [0.2, 0.25) is 5.89 Å². The highest BCUT2D eigenvalue weighted by molar-refractivity contribution is 7.97. The van der Waals surface area contributed by atoms with Crippen molar-refractivity contribution < 1.29 is 13.7 Å². The van der Waals surface area contributed by atoms with E-state index in [1.807, 2.05) is 17.2 Å². The number of likely N-dealkylation sites (tertiary alicyclic amines) is 1. The summed E-state index contributed by atoms with van der Waals surface area (Å²) in [5.74, 6) is 3.63. The summed E-state index contributed by atoms with van der Waals surface area (Å²) >= 11 is 1.67. The molecule has 3 rings (SSSR count). The van der Waals surface area contributed by atoms with Gasteiger partial charge in [-0.1, -0.05) is 5.16 Å². The van der Waals surface area contributed by atoms with E-state index in [-0.39, 0.29) is 11.8 Å². The molecule has 0 bridgehead atoms. The summed E-state index contributed by atoms with van der Waals surface area (Å²) < 4.78 is 10.6. The average molecular weight is 321 g/mol. The van der Waals surface area contributed by atoms with E-state index >= 15 is 0 Å². The molecule has 0 unspecified atom stereocenters. The van der Waals surface area contributed by atoms with Crippen molar-refractivity contribution in [3.8, 4) is 0 Å². The van der Waals surface area contributed by atoms with Gasteiger partial charge < -0.3 is 13.8 Å². The Hall–Kier alpha value is -1.76. The topological polar surface area (TPSA) is 72.4 Å². The highest BCUT2D eigenvalue weighted by atomic mass is 32.2. The predicted octanol–water partition coefficient (Wildman–Crippen LogP) is 2.85. The molecule has 0 atom stereocenters. The SMILES string of the molecule is CSCc1ccc(C(=O)N2CCC(c3noc(C)n3)CC2)o1. The van der Waals surface area contributed by atoms with Crippen LogP contribution in [0.15, 0.2) is 21.1 Å². The third-order valence-electron chi connectivity index (χ3n) is 3.85. The average Bonchev–Trinajstić information content (AvgIpc) is 3.16. The van der Waals surface area contributed by atoms with E-state index in [1.165, 1.54) is 0 Å². The molecule has 1 amide bonds. The van der Waals surface area contributed by atoms with Crippen LogP contribution in [0.5, 0.6) is 0 Å². The van der Waals surface area contributed by atoms with Gasteiger partial charge in [0, 0.05) is 25.9 Å². The van der Waals surface area contributed by atoms with Crippen LogP contribution in [0.25, 0.3) is 0 Å². The summed E-state index contributed by atoms with van der Waals surface area (Å²) in [5, 5.41) is 3.98. The lowest BCUT2D eigenvalue weighted by atomic mass is 9.96. The third kappa shape index (κ3) is 3.19. The molecule has 118 valence electrons.